The minimum Gasteiger partial charge on any atom is -0.497 e. The molecule has 1 aromatic carbocycles. The molecule has 0 heterocycles. The van der Waals surface area contributed by atoms with E-state index in [0.29, 0.717) is 18.5 Å². The summed E-state index contributed by atoms with van der Waals surface area (Å²) >= 11 is 0. The second-order valence-corrected chi connectivity index (χ2v) is 3.95. The second kappa shape index (κ2) is 6.69. The van der Waals surface area contributed by atoms with Crippen molar-refractivity contribution >= 4 is 11.7 Å². The Morgan fingerprint density at radius 3 is 2.72 bits per heavy atom. The van der Waals surface area contributed by atoms with Gasteiger partial charge in [0.25, 0.3) is 0 Å². The lowest BCUT2D eigenvalue weighted by Gasteiger charge is -2.09. The van der Waals surface area contributed by atoms with Gasteiger partial charge in [-0.05, 0) is 37.1 Å². The fraction of sp³-hybridized carbons (Fsp3) is 0.357. The molecule has 0 bridgehead atoms. The first kappa shape index (κ1) is 14.1. The van der Waals surface area contributed by atoms with Gasteiger partial charge in [-0.2, -0.15) is 0 Å². The van der Waals surface area contributed by atoms with Gasteiger partial charge in [0.15, 0.2) is 0 Å². The monoisotopic (exact) mass is 249 g/mol. The third kappa shape index (κ3) is 3.80. The van der Waals surface area contributed by atoms with Crippen molar-refractivity contribution in [3.05, 3.63) is 35.4 Å². The van der Waals surface area contributed by atoms with E-state index >= 15 is 0 Å². The van der Waals surface area contributed by atoms with Crippen molar-refractivity contribution in [2.75, 3.05) is 19.0 Å². The molecule has 98 valence electrons. The summed E-state index contributed by atoms with van der Waals surface area (Å²) in [6.45, 7) is 4.31. The lowest BCUT2D eigenvalue weighted by molar-refractivity contribution is -0.132. The van der Waals surface area contributed by atoms with Crippen molar-refractivity contribution in [3.8, 4) is 5.75 Å². The van der Waals surface area contributed by atoms with Crippen LogP contribution in [0.2, 0.25) is 0 Å². The number of hydrogen-bond acceptors (Lipinski definition) is 3. The topological polar surface area (TPSA) is 58.6 Å². The number of carboxylic acid groups (broad SMARTS) is 1. The van der Waals surface area contributed by atoms with E-state index in [0.717, 1.165) is 17.0 Å². The van der Waals surface area contributed by atoms with E-state index in [4.69, 9.17) is 9.84 Å². The van der Waals surface area contributed by atoms with Gasteiger partial charge in [-0.15, -0.1) is 0 Å². The molecule has 0 atom stereocenters. The SMILES string of the molecule is CC/C(=C/CNc1ccc(OC)cc1C)C(=O)O. The van der Waals surface area contributed by atoms with Crippen LogP contribution in [0.15, 0.2) is 29.8 Å². The molecule has 0 amide bonds. The molecule has 2 N–H and O–H groups in total. The molecule has 1 rings (SSSR count). The average molecular weight is 249 g/mol. The Bertz CT molecular complexity index is 452. The maximum atomic E-state index is 10.8. The molecule has 4 heteroatoms. The van der Waals surface area contributed by atoms with Gasteiger partial charge in [0.05, 0.1) is 7.11 Å². The molecule has 0 radical (unpaired) electrons. The van der Waals surface area contributed by atoms with Crippen LogP contribution in [0.1, 0.15) is 18.9 Å². The summed E-state index contributed by atoms with van der Waals surface area (Å²) in [5, 5.41) is 12.1. The van der Waals surface area contributed by atoms with E-state index in [9.17, 15) is 4.79 Å². The predicted molar refractivity (Wildman–Crippen MR) is 72.2 cm³/mol. The standard InChI is InChI=1S/C14H19NO3/c1-4-11(14(16)17)7-8-15-13-6-5-12(18-3)9-10(13)2/h5-7,9,15H,4,8H2,1-3H3,(H,16,17)/b11-7-. The molecular weight excluding hydrogens is 230 g/mol. The van der Waals surface area contributed by atoms with E-state index in [1.807, 2.05) is 32.0 Å². The second-order valence-electron chi connectivity index (χ2n) is 3.95. The maximum absolute atomic E-state index is 10.8. The number of benzene rings is 1. The predicted octanol–water partition coefficient (Wildman–Crippen LogP) is 2.84. The number of nitrogens with one attached hydrogen (secondary N) is 1. The van der Waals surface area contributed by atoms with Gasteiger partial charge < -0.3 is 15.2 Å². The largest absolute Gasteiger partial charge is 0.497 e. The summed E-state index contributed by atoms with van der Waals surface area (Å²) in [5.41, 5.74) is 2.47. The number of aryl methyl sites for hydroxylation is 1. The Balaban J connectivity index is 2.66. The number of carbonyl (C=O) groups is 1. The number of rotatable bonds is 6. The van der Waals surface area contributed by atoms with Crippen molar-refractivity contribution < 1.29 is 14.6 Å². The van der Waals surface area contributed by atoms with Gasteiger partial charge in [-0.25, -0.2) is 4.79 Å². The maximum Gasteiger partial charge on any atom is 0.331 e. The van der Waals surface area contributed by atoms with E-state index in [1.54, 1.807) is 13.2 Å². The van der Waals surface area contributed by atoms with Gasteiger partial charge in [0, 0.05) is 17.8 Å². The zero-order valence-corrected chi connectivity index (χ0v) is 11.0. The van der Waals surface area contributed by atoms with Crippen LogP contribution < -0.4 is 10.1 Å². The number of carboxylic acids is 1. The first-order valence-electron chi connectivity index (χ1n) is 5.89. The van der Waals surface area contributed by atoms with Crippen LogP contribution in [-0.2, 0) is 4.79 Å². The van der Waals surface area contributed by atoms with Crippen molar-refractivity contribution in [2.45, 2.75) is 20.3 Å². The highest BCUT2D eigenvalue weighted by Gasteiger charge is 2.03. The van der Waals surface area contributed by atoms with Crippen LogP contribution in [0, 0.1) is 6.92 Å². The van der Waals surface area contributed by atoms with Crippen LogP contribution in [0.25, 0.3) is 0 Å². The molecule has 0 aromatic heterocycles. The van der Waals surface area contributed by atoms with Gasteiger partial charge in [0.2, 0.25) is 0 Å². The Kier molecular flexibility index (Phi) is 5.24. The molecule has 0 unspecified atom stereocenters. The highest BCUT2D eigenvalue weighted by Crippen LogP contribution is 2.20. The van der Waals surface area contributed by atoms with E-state index in [-0.39, 0.29) is 0 Å². The van der Waals surface area contributed by atoms with Gasteiger partial charge >= 0.3 is 5.97 Å². The molecule has 0 aliphatic heterocycles. The minimum atomic E-state index is -0.856. The van der Waals surface area contributed by atoms with Crippen molar-refractivity contribution in [1.82, 2.24) is 0 Å². The van der Waals surface area contributed by atoms with E-state index in [2.05, 4.69) is 5.32 Å². The summed E-state index contributed by atoms with van der Waals surface area (Å²) < 4.78 is 5.12. The van der Waals surface area contributed by atoms with Gasteiger partial charge in [-0.1, -0.05) is 13.0 Å². The molecule has 0 aliphatic rings. The number of hydrogen-bond donors (Lipinski definition) is 2. The summed E-state index contributed by atoms with van der Waals surface area (Å²) in [6.07, 6.45) is 2.23. The molecule has 18 heavy (non-hydrogen) atoms. The average Bonchev–Trinajstić information content (AvgIpc) is 2.35. The first-order chi connectivity index (χ1) is 8.58. The summed E-state index contributed by atoms with van der Waals surface area (Å²) in [5.74, 6) is -0.0425. The fourth-order valence-corrected chi connectivity index (χ4v) is 1.63. The molecule has 0 spiro atoms. The quantitative estimate of drug-likeness (QED) is 0.761. The number of ether oxygens (including phenoxy) is 1. The number of anilines is 1. The lowest BCUT2D eigenvalue weighted by atomic mass is 10.1. The van der Waals surface area contributed by atoms with Crippen molar-refractivity contribution in [1.29, 1.82) is 0 Å². The number of methoxy groups -OCH3 is 1. The molecule has 0 aliphatic carbocycles. The Hall–Kier alpha value is -1.97. The Morgan fingerprint density at radius 1 is 1.50 bits per heavy atom. The number of aliphatic carboxylic acids is 1. The smallest absolute Gasteiger partial charge is 0.331 e. The van der Waals surface area contributed by atoms with Crippen LogP contribution >= 0.6 is 0 Å². The molecule has 0 saturated carbocycles. The van der Waals surface area contributed by atoms with Gasteiger partial charge in [-0.3, -0.25) is 0 Å². The molecule has 1 aromatic rings. The highest BCUT2D eigenvalue weighted by atomic mass is 16.5. The Morgan fingerprint density at radius 2 is 2.22 bits per heavy atom. The van der Waals surface area contributed by atoms with Crippen LogP contribution in [-0.4, -0.2) is 24.7 Å². The molecule has 0 fully saturated rings. The minimum absolute atomic E-state index is 0.425. The Labute approximate surface area is 107 Å². The van der Waals surface area contributed by atoms with E-state index in [1.165, 1.54) is 0 Å². The van der Waals surface area contributed by atoms with Crippen LogP contribution in [0.3, 0.4) is 0 Å². The summed E-state index contributed by atoms with van der Waals surface area (Å²) in [6, 6.07) is 5.73. The van der Waals surface area contributed by atoms with Crippen molar-refractivity contribution in [2.24, 2.45) is 0 Å². The zero-order valence-electron chi connectivity index (χ0n) is 11.0. The van der Waals surface area contributed by atoms with Gasteiger partial charge in [0.1, 0.15) is 5.75 Å². The summed E-state index contributed by atoms with van der Waals surface area (Å²) in [7, 11) is 1.63. The van der Waals surface area contributed by atoms with Crippen LogP contribution in [0.4, 0.5) is 5.69 Å². The normalized spacial score (nSPS) is 11.2. The lowest BCUT2D eigenvalue weighted by Crippen LogP contribution is -2.05. The van der Waals surface area contributed by atoms with Crippen molar-refractivity contribution in [3.63, 3.8) is 0 Å². The third-order valence-electron chi connectivity index (χ3n) is 2.73. The highest BCUT2D eigenvalue weighted by molar-refractivity contribution is 5.86. The molecule has 4 nitrogen and oxygen atoms in total. The zero-order chi connectivity index (χ0) is 13.5. The third-order valence-corrected chi connectivity index (χ3v) is 2.73. The first-order valence-corrected chi connectivity index (χ1v) is 5.89. The van der Waals surface area contributed by atoms with Crippen LogP contribution in [0.5, 0.6) is 5.75 Å². The molecule has 0 saturated heterocycles. The van der Waals surface area contributed by atoms with E-state index < -0.39 is 5.97 Å². The fourth-order valence-electron chi connectivity index (χ4n) is 1.63. The molecular formula is C14H19NO3. The summed E-state index contributed by atoms with van der Waals surface area (Å²) in [4.78, 5) is 10.8.